The summed E-state index contributed by atoms with van der Waals surface area (Å²) in [5.41, 5.74) is 1.77. The zero-order valence-corrected chi connectivity index (χ0v) is 17.7. The molecule has 158 valence electrons. The number of nitrogens with one attached hydrogen (secondary N) is 1. The normalized spacial score (nSPS) is 10.9. The third-order valence-corrected chi connectivity index (χ3v) is 5.51. The van der Waals surface area contributed by atoms with E-state index in [0.717, 1.165) is 17.9 Å². The second kappa shape index (κ2) is 9.68. The number of nitrogens with zero attached hydrogens (tertiary/aromatic N) is 1. The molecule has 0 spiro atoms. The van der Waals surface area contributed by atoms with E-state index in [1.165, 1.54) is 36.8 Å². The van der Waals surface area contributed by atoms with Gasteiger partial charge in [0, 0.05) is 29.1 Å². The summed E-state index contributed by atoms with van der Waals surface area (Å²) in [6.07, 6.45) is 2.44. The van der Waals surface area contributed by atoms with Crippen molar-refractivity contribution in [3.05, 3.63) is 84.3 Å². The minimum atomic E-state index is -0.467. The molecule has 7 heteroatoms. The summed E-state index contributed by atoms with van der Waals surface area (Å²) in [5.74, 6) is 0.327. The fourth-order valence-corrected chi connectivity index (χ4v) is 3.78. The first-order valence-corrected chi connectivity index (χ1v) is 10.5. The summed E-state index contributed by atoms with van der Waals surface area (Å²) in [7, 11) is 1.46. The van der Waals surface area contributed by atoms with Gasteiger partial charge in [-0.05, 0) is 54.3 Å². The van der Waals surface area contributed by atoms with E-state index < -0.39 is 5.82 Å². The van der Waals surface area contributed by atoms with Crippen LogP contribution in [0.5, 0.6) is 23.0 Å². The van der Waals surface area contributed by atoms with Crippen LogP contribution in [0.1, 0.15) is 5.56 Å². The molecule has 31 heavy (non-hydrogen) atoms. The number of benzene rings is 3. The van der Waals surface area contributed by atoms with E-state index in [9.17, 15) is 9.50 Å². The number of halogens is 1. The molecule has 4 aromatic rings. The highest BCUT2D eigenvalue weighted by Gasteiger charge is 2.12. The Hall–Kier alpha value is -3.29. The van der Waals surface area contributed by atoms with Crippen LogP contribution in [0.4, 0.5) is 4.39 Å². The van der Waals surface area contributed by atoms with Crippen molar-refractivity contribution in [3.63, 3.8) is 0 Å². The van der Waals surface area contributed by atoms with Gasteiger partial charge in [-0.1, -0.05) is 30.3 Å². The monoisotopic (exact) mass is 436 g/mol. The maximum Gasteiger partial charge on any atom is 0.166 e. The number of aromatic nitrogens is 1. The average molecular weight is 437 g/mol. The summed E-state index contributed by atoms with van der Waals surface area (Å²) in [5, 5.41) is 10.6. The van der Waals surface area contributed by atoms with Crippen molar-refractivity contribution in [3.8, 4) is 23.0 Å². The Morgan fingerprint density at radius 2 is 1.84 bits per heavy atom. The molecule has 4 rings (SSSR count). The largest absolute Gasteiger partial charge is 0.504 e. The Balaban J connectivity index is 1.44. The third kappa shape index (κ3) is 5.07. The van der Waals surface area contributed by atoms with E-state index in [-0.39, 0.29) is 11.5 Å². The molecule has 0 amide bonds. The fourth-order valence-electron chi connectivity index (χ4n) is 3.11. The number of phenolic OH excluding ortho intramolecular Hbond substituents is 1. The van der Waals surface area contributed by atoms with Gasteiger partial charge in [-0.25, -0.2) is 4.39 Å². The van der Waals surface area contributed by atoms with Crippen molar-refractivity contribution >= 4 is 22.9 Å². The van der Waals surface area contributed by atoms with Crippen LogP contribution in [0.25, 0.3) is 10.9 Å². The summed E-state index contributed by atoms with van der Waals surface area (Å²) < 4.78 is 28.9. The zero-order valence-electron chi connectivity index (χ0n) is 16.8. The first-order chi connectivity index (χ1) is 15.1. The highest BCUT2D eigenvalue weighted by molar-refractivity contribution is 7.97. The maximum absolute atomic E-state index is 14.7. The lowest BCUT2D eigenvalue weighted by Gasteiger charge is -2.12. The lowest BCUT2D eigenvalue weighted by Crippen LogP contribution is -2.08. The van der Waals surface area contributed by atoms with E-state index >= 15 is 0 Å². The van der Waals surface area contributed by atoms with Crippen LogP contribution < -0.4 is 14.2 Å². The van der Waals surface area contributed by atoms with Gasteiger partial charge in [-0.15, -0.1) is 0 Å². The molecule has 0 aliphatic carbocycles. The number of hydrogen-bond donors (Lipinski definition) is 2. The van der Waals surface area contributed by atoms with Gasteiger partial charge >= 0.3 is 0 Å². The van der Waals surface area contributed by atoms with E-state index in [2.05, 4.69) is 21.8 Å². The van der Waals surface area contributed by atoms with Crippen molar-refractivity contribution in [2.45, 2.75) is 11.3 Å². The quantitative estimate of drug-likeness (QED) is 0.272. The third-order valence-electron chi connectivity index (χ3n) is 4.67. The zero-order chi connectivity index (χ0) is 21.6. The van der Waals surface area contributed by atoms with Crippen LogP contribution in [-0.2, 0) is 6.42 Å². The molecule has 0 bridgehead atoms. The minimum Gasteiger partial charge on any atom is -0.504 e. The van der Waals surface area contributed by atoms with Gasteiger partial charge in [-0.2, -0.15) is 0 Å². The highest BCUT2D eigenvalue weighted by atomic mass is 32.2. The van der Waals surface area contributed by atoms with Crippen molar-refractivity contribution in [2.24, 2.45) is 0 Å². The average Bonchev–Trinajstić information content (AvgIpc) is 2.79. The van der Waals surface area contributed by atoms with Gasteiger partial charge in [0.1, 0.15) is 5.75 Å². The SMILES string of the molecule is COc1cc2c(Oc3ccc(SNCCc4ccccc4)cc3F)ccnc2cc1O. The van der Waals surface area contributed by atoms with E-state index in [1.54, 1.807) is 30.5 Å². The molecule has 3 aromatic carbocycles. The molecule has 0 radical (unpaired) electrons. The molecule has 0 aliphatic rings. The molecular weight excluding hydrogens is 415 g/mol. The van der Waals surface area contributed by atoms with Crippen molar-refractivity contribution < 1.29 is 19.0 Å². The Bertz CT molecular complexity index is 1190. The molecular formula is C24H21FN2O3S. The highest BCUT2D eigenvalue weighted by Crippen LogP contribution is 2.37. The maximum atomic E-state index is 14.7. The number of phenols is 1. The van der Waals surface area contributed by atoms with E-state index in [0.29, 0.717) is 22.4 Å². The van der Waals surface area contributed by atoms with Gasteiger partial charge in [-0.3, -0.25) is 9.71 Å². The second-order valence-corrected chi connectivity index (χ2v) is 7.74. The van der Waals surface area contributed by atoms with Crippen LogP contribution >= 0.6 is 11.9 Å². The van der Waals surface area contributed by atoms with Crippen molar-refractivity contribution in [1.29, 1.82) is 0 Å². The number of rotatable bonds is 8. The summed E-state index contributed by atoms with van der Waals surface area (Å²) in [6, 6.07) is 19.8. The van der Waals surface area contributed by atoms with Gasteiger partial charge < -0.3 is 14.6 Å². The Morgan fingerprint density at radius 1 is 1.00 bits per heavy atom. The van der Waals surface area contributed by atoms with Crippen LogP contribution in [-0.4, -0.2) is 23.7 Å². The van der Waals surface area contributed by atoms with E-state index in [1.807, 2.05) is 18.2 Å². The molecule has 0 saturated heterocycles. The topological polar surface area (TPSA) is 63.6 Å². The predicted octanol–water partition coefficient (Wildman–Crippen LogP) is 5.72. The van der Waals surface area contributed by atoms with Gasteiger partial charge in [0.05, 0.1) is 12.6 Å². The first kappa shape index (κ1) is 21.0. The molecule has 0 atom stereocenters. The number of pyridine rings is 1. The van der Waals surface area contributed by atoms with Crippen LogP contribution in [0.15, 0.2) is 77.8 Å². The first-order valence-electron chi connectivity index (χ1n) is 9.71. The molecule has 0 unspecified atom stereocenters. The Morgan fingerprint density at radius 3 is 2.61 bits per heavy atom. The van der Waals surface area contributed by atoms with Crippen molar-refractivity contribution in [1.82, 2.24) is 9.71 Å². The molecule has 5 nitrogen and oxygen atoms in total. The summed E-state index contributed by atoms with van der Waals surface area (Å²) >= 11 is 1.38. The Labute approximate surface area is 184 Å². The van der Waals surface area contributed by atoms with Gasteiger partial charge in [0.15, 0.2) is 23.1 Å². The fraction of sp³-hybridized carbons (Fsp3) is 0.125. The number of fused-ring (bicyclic) bond motifs is 1. The molecule has 0 aliphatic heterocycles. The number of methoxy groups -OCH3 is 1. The number of ether oxygens (including phenoxy) is 2. The van der Waals surface area contributed by atoms with Gasteiger partial charge in [0.2, 0.25) is 0 Å². The lowest BCUT2D eigenvalue weighted by molar-refractivity contribution is 0.374. The van der Waals surface area contributed by atoms with Crippen LogP contribution in [0, 0.1) is 5.82 Å². The smallest absolute Gasteiger partial charge is 0.166 e. The lowest BCUT2D eigenvalue weighted by atomic mass is 10.2. The molecule has 1 heterocycles. The molecule has 2 N–H and O–H groups in total. The molecule has 1 aromatic heterocycles. The van der Waals surface area contributed by atoms with Crippen LogP contribution in [0.2, 0.25) is 0 Å². The molecule has 0 fully saturated rings. The number of aromatic hydroxyl groups is 1. The van der Waals surface area contributed by atoms with E-state index in [4.69, 9.17) is 9.47 Å². The summed E-state index contributed by atoms with van der Waals surface area (Å²) in [4.78, 5) is 4.97. The Kier molecular flexibility index (Phi) is 6.54. The van der Waals surface area contributed by atoms with Gasteiger partial charge in [0.25, 0.3) is 0 Å². The second-order valence-electron chi connectivity index (χ2n) is 6.78. The molecule has 0 saturated carbocycles. The van der Waals surface area contributed by atoms with Crippen LogP contribution in [0.3, 0.4) is 0 Å². The van der Waals surface area contributed by atoms with Crippen molar-refractivity contribution in [2.75, 3.05) is 13.7 Å². The summed E-state index contributed by atoms with van der Waals surface area (Å²) in [6.45, 7) is 0.770. The standard InChI is InChI=1S/C24H21FN2O3S/c1-29-24-14-18-20(15-21(24)28)26-11-10-22(18)30-23-8-7-17(13-19(23)25)31-27-12-9-16-5-3-2-4-6-16/h2-8,10-11,13-15,27-28H,9,12H2,1H3. The predicted molar refractivity (Wildman–Crippen MR) is 120 cm³/mol. The number of hydrogen-bond acceptors (Lipinski definition) is 6. The minimum absolute atomic E-state index is 0.0213.